The molecule has 0 radical (unpaired) electrons. The Morgan fingerprint density at radius 1 is 1.38 bits per heavy atom. The number of amides is 2. The Hall–Kier alpha value is -2.08. The van der Waals surface area contributed by atoms with Gasteiger partial charge in [0.1, 0.15) is 18.5 Å². The van der Waals surface area contributed by atoms with E-state index in [-0.39, 0.29) is 30.6 Å². The highest BCUT2D eigenvalue weighted by molar-refractivity contribution is 5.97. The zero-order valence-electron chi connectivity index (χ0n) is 12.1. The fourth-order valence-corrected chi connectivity index (χ4v) is 2.91. The van der Waals surface area contributed by atoms with E-state index in [4.69, 9.17) is 9.47 Å². The number of hydrogen-bond donors (Lipinski definition) is 0. The SMILES string of the molecule is COCC(=O)N1CC2Oc3ccccc3C(=O)N(C)C2C1. The third kappa shape index (κ3) is 2.35. The number of likely N-dealkylation sites (N-methyl/N-ethyl adjacent to an activating group) is 1. The van der Waals surface area contributed by atoms with Crippen molar-refractivity contribution in [3.63, 3.8) is 0 Å². The van der Waals surface area contributed by atoms with Crippen LogP contribution in [0.15, 0.2) is 24.3 Å². The van der Waals surface area contributed by atoms with Gasteiger partial charge in [0.15, 0.2) is 0 Å². The maximum absolute atomic E-state index is 12.5. The molecule has 6 nitrogen and oxygen atoms in total. The molecule has 0 N–H and O–H groups in total. The molecule has 2 heterocycles. The number of likely N-dealkylation sites (tertiary alicyclic amines) is 1. The van der Waals surface area contributed by atoms with Gasteiger partial charge in [0, 0.05) is 20.7 Å². The Kier molecular flexibility index (Phi) is 3.55. The quantitative estimate of drug-likeness (QED) is 0.790. The summed E-state index contributed by atoms with van der Waals surface area (Å²) >= 11 is 0. The molecule has 2 unspecified atom stereocenters. The number of ether oxygens (including phenoxy) is 2. The molecule has 1 saturated heterocycles. The van der Waals surface area contributed by atoms with Crippen molar-refractivity contribution in [1.29, 1.82) is 0 Å². The Labute approximate surface area is 123 Å². The van der Waals surface area contributed by atoms with E-state index >= 15 is 0 Å². The lowest BCUT2D eigenvalue weighted by Gasteiger charge is -2.24. The number of carbonyl (C=O) groups is 2. The zero-order chi connectivity index (χ0) is 15.0. The Balaban J connectivity index is 1.86. The standard InChI is InChI=1S/C15H18N2O4/c1-16-11-7-17(14(18)9-20-2)8-13(11)21-12-6-4-3-5-10(12)15(16)19/h3-6,11,13H,7-9H2,1-2H3. The van der Waals surface area contributed by atoms with Crippen LogP contribution in [-0.4, -0.2) is 67.6 Å². The number of nitrogens with zero attached hydrogens (tertiary/aromatic N) is 2. The van der Waals surface area contributed by atoms with E-state index in [1.807, 2.05) is 12.1 Å². The molecular formula is C15H18N2O4. The Morgan fingerprint density at radius 3 is 2.90 bits per heavy atom. The number of para-hydroxylation sites is 1. The molecule has 1 fully saturated rings. The fraction of sp³-hybridized carbons (Fsp3) is 0.467. The lowest BCUT2D eigenvalue weighted by molar-refractivity contribution is -0.134. The van der Waals surface area contributed by atoms with Gasteiger partial charge in [-0.3, -0.25) is 9.59 Å². The van der Waals surface area contributed by atoms with Gasteiger partial charge in [-0.15, -0.1) is 0 Å². The van der Waals surface area contributed by atoms with Gasteiger partial charge in [-0.05, 0) is 12.1 Å². The number of carbonyl (C=O) groups excluding carboxylic acids is 2. The van der Waals surface area contributed by atoms with Crippen molar-refractivity contribution in [1.82, 2.24) is 9.80 Å². The third-order valence-electron chi connectivity index (χ3n) is 4.07. The molecule has 2 amide bonds. The number of fused-ring (bicyclic) bond motifs is 2. The van der Waals surface area contributed by atoms with Crippen LogP contribution in [0.4, 0.5) is 0 Å². The van der Waals surface area contributed by atoms with Gasteiger partial charge in [0.2, 0.25) is 5.91 Å². The molecule has 112 valence electrons. The van der Waals surface area contributed by atoms with E-state index in [0.717, 1.165) is 0 Å². The summed E-state index contributed by atoms with van der Waals surface area (Å²) in [5, 5.41) is 0. The van der Waals surface area contributed by atoms with E-state index in [2.05, 4.69) is 0 Å². The first-order valence-corrected chi connectivity index (χ1v) is 6.91. The molecule has 0 aromatic heterocycles. The number of rotatable bonds is 2. The molecule has 21 heavy (non-hydrogen) atoms. The smallest absolute Gasteiger partial charge is 0.257 e. The maximum Gasteiger partial charge on any atom is 0.257 e. The first-order valence-electron chi connectivity index (χ1n) is 6.91. The van der Waals surface area contributed by atoms with Crippen LogP contribution in [0.2, 0.25) is 0 Å². The molecule has 2 aliphatic heterocycles. The molecule has 6 heteroatoms. The van der Waals surface area contributed by atoms with Crippen molar-refractivity contribution in [3.8, 4) is 5.75 Å². The van der Waals surface area contributed by atoms with E-state index in [1.54, 1.807) is 29.0 Å². The summed E-state index contributed by atoms with van der Waals surface area (Å²) in [4.78, 5) is 27.8. The normalized spacial score (nSPS) is 24.2. The van der Waals surface area contributed by atoms with Crippen molar-refractivity contribution < 1.29 is 19.1 Å². The Morgan fingerprint density at radius 2 is 2.14 bits per heavy atom. The Bertz CT molecular complexity index is 575. The molecule has 3 rings (SSSR count). The molecule has 2 aliphatic rings. The molecule has 0 aliphatic carbocycles. The van der Waals surface area contributed by atoms with Crippen molar-refractivity contribution in [3.05, 3.63) is 29.8 Å². The van der Waals surface area contributed by atoms with E-state index < -0.39 is 0 Å². The predicted octanol–water partition coefficient (Wildman–Crippen LogP) is 0.377. The van der Waals surface area contributed by atoms with Gasteiger partial charge in [-0.1, -0.05) is 12.1 Å². The van der Waals surface area contributed by atoms with Crippen LogP contribution in [0.1, 0.15) is 10.4 Å². The predicted molar refractivity (Wildman–Crippen MR) is 75.2 cm³/mol. The molecule has 1 aromatic carbocycles. The van der Waals surface area contributed by atoms with Crippen molar-refractivity contribution in [2.45, 2.75) is 12.1 Å². The molecule has 0 saturated carbocycles. The van der Waals surface area contributed by atoms with Gasteiger partial charge in [0.05, 0.1) is 18.2 Å². The zero-order valence-corrected chi connectivity index (χ0v) is 12.1. The van der Waals surface area contributed by atoms with Gasteiger partial charge in [-0.2, -0.15) is 0 Å². The van der Waals surface area contributed by atoms with Gasteiger partial charge >= 0.3 is 0 Å². The van der Waals surface area contributed by atoms with Crippen LogP contribution in [0, 0.1) is 0 Å². The summed E-state index contributed by atoms with van der Waals surface area (Å²) < 4.78 is 10.9. The van der Waals surface area contributed by atoms with Crippen molar-refractivity contribution >= 4 is 11.8 Å². The summed E-state index contributed by atoms with van der Waals surface area (Å²) in [7, 11) is 3.25. The second kappa shape index (κ2) is 5.37. The number of benzene rings is 1. The van der Waals surface area contributed by atoms with E-state index in [0.29, 0.717) is 24.4 Å². The van der Waals surface area contributed by atoms with Crippen LogP contribution in [0.3, 0.4) is 0 Å². The number of methoxy groups -OCH3 is 1. The number of hydrogen-bond acceptors (Lipinski definition) is 4. The molecular weight excluding hydrogens is 272 g/mol. The molecule has 2 atom stereocenters. The second-order valence-corrected chi connectivity index (χ2v) is 5.37. The molecule has 1 aromatic rings. The van der Waals surface area contributed by atoms with Crippen molar-refractivity contribution in [2.75, 3.05) is 33.9 Å². The lowest BCUT2D eigenvalue weighted by Crippen LogP contribution is -2.44. The minimum atomic E-state index is -0.205. The highest BCUT2D eigenvalue weighted by atomic mass is 16.5. The van der Waals surface area contributed by atoms with Gasteiger partial charge in [-0.25, -0.2) is 0 Å². The average molecular weight is 290 g/mol. The minimum Gasteiger partial charge on any atom is -0.486 e. The largest absolute Gasteiger partial charge is 0.486 e. The first kappa shape index (κ1) is 13.9. The third-order valence-corrected chi connectivity index (χ3v) is 4.07. The fourth-order valence-electron chi connectivity index (χ4n) is 2.91. The molecule has 0 bridgehead atoms. The first-order chi connectivity index (χ1) is 10.1. The van der Waals surface area contributed by atoms with Gasteiger partial charge < -0.3 is 19.3 Å². The summed E-state index contributed by atoms with van der Waals surface area (Å²) in [6.07, 6.45) is -0.205. The molecule has 0 spiro atoms. The van der Waals surface area contributed by atoms with Crippen LogP contribution in [0.5, 0.6) is 5.75 Å². The minimum absolute atomic E-state index is 0.0493. The van der Waals surface area contributed by atoms with E-state index in [1.165, 1.54) is 7.11 Å². The lowest BCUT2D eigenvalue weighted by atomic mass is 10.1. The van der Waals surface area contributed by atoms with Crippen LogP contribution < -0.4 is 4.74 Å². The monoisotopic (exact) mass is 290 g/mol. The summed E-state index contributed by atoms with van der Waals surface area (Å²) in [5.41, 5.74) is 0.573. The van der Waals surface area contributed by atoms with Crippen LogP contribution in [-0.2, 0) is 9.53 Å². The van der Waals surface area contributed by atoms with Crippen LogP contribution >= 0.6 is 0 Å². The van der Waals surface area contributed by atoms with E-state index in [9.17, 15) is 9.59 Å². The second-order valence-electron chi connectivity index (χ2n) is 5.37. The topological polar surface area (TPSA) is 59.1 Å². The highest BCUT2D eigenvalue weighted by Crippen LogP contribution is 2.30. The summed E-state index contributed by atoms with van der Waals surface area (Å²) in [6.45, 7) is 0.996. The maximum atomic E-state index is 12.5. The van der Waals surface area contributed by atoms with Crippen LogP contribution in [0.25, 0.3) is 0 Å². The van der Waals surface area contributed by atoms with Crippen molar-refractivity contribution in [2.24, 2.45) is 0 Å². The summed E-state index contributed by atoms with van der Waals surface area (Å²) in [5.74, 6) is 0.435. The highest BCUT2D eigenvalue weighted by Gasteiger charge is 2.43. The average Bonchev–Trinajstić information content (AvgIpc) is 2.87. The summed E-state index contributed by atoms with van der Waals surface area (Å²) in [6, 6.07) is 7.09. The van der Waals surface area contributed by atoms with Gasteiger partial charge in [0.25, 0.3) is 5.91 Å².